The molecule has 1 fully saturated rings. The van der Waals surface area contributed by atoms with Crippen molar-refractivity contribution in [2.24, 2.45) is 5.92 Å². The van der Waals surface area contributed by atoms with Crippen LogP contribution in [0.4, 0.5) is 14.5 Å². The third-order valence-electron chi connectivity index (χ3n) is 3.50. The van der Waals surface area contributed by atoms with Crippen LogP contribution in [0.25, 0.3) is 0 Å². The van der Waals surface area contributed by atoms with Crippen LogP contribution in [-0.4, -0.2) is 30.5 Å². The number of hydrogen-bond donors (Lipinski definition) is 2. The number of nitro groups is 1. The number of nitrogens with zero attached hydrogens (tertiary/aromatic N) is 1. The lowest BCUT2D eigenvalue weighted by Gasteiger charge is -2.10. The number of carbonyl (C=O) groups is 1. The Bertz CT molecular complexity index is 560. The van der Waals surface area contributed by atoms with E-state index in [9.17, 15) is 23.7 Å². The number of nitro benzene ring substituents is 1. The zero-order chi connectivity index (χ0) is 15.4. The Kier molecular flexibility index (Phi) is 4.79. The molecule has 1 aromatic rings. The van der Waals surface area contributed by atoms with Gasteiger partial charge in [0.2, 0.25) is 5.82 Å². The summed E-state index contributed by atoms with van der Waals surface area (Å²) in [6, 6.07) is 1.42. The average molecular weight is 299 g/mol. The summed E-state index contributed by atoms with van der Waals surface area (Å²) in [7, 11) is 0. The van der Waals surface area contributed by atoms with Gasteiger partial charge in [0, 0.05) is 12.6 Å². The van der Waals surface area contributed by atoms with Gasteiger partial charge in [-0.15, -0.1) is 0 Å². The van der Waals surface area contributed by atoms with E-state index in [0.29, 0.717) is 18.4 Å². The van der Waals surface area contributed by atoms with Gasteiger partial charge >= 0.3 is 5.69 Å². The normalized spacial score (nSPS) is 17.7. The molecule has 1 aromatic carbocycles. The molecule has 8 heteroatoms. The molecular formula is C13H15F2N3O3. The van der Waals surface area contributed by atoms with E-state index in [2.05, 4.69) is 10.6 Å². The molecule has 0 spiro atoms. The van der Waals surface area contributed by atoms with Gasteiger partial charge in [-0.1, -0.05) is 0 Å². The fraction of sp³-hybridized carbons (Fsp3) is 0.462. The van der Waals surface area contributed by atoms with Crippen LogP contribution in [0.1, 0.15) is 23.2 Å². The second kappa shape index (κ2) is 6.57. The molecule has 21 heavy (non-hydrogen) atoms. The summed E-state index contributed by atoms with van der Waals surface area (Å²) in [5.74, 6) is -3.11. The van der Waals surface area contributed by atoms with Crippen molar-refractivity contribution < 1.29 is 18.5 Å². The summed E-state index contributed by atoms with van der Waals surface area (Å²) in [5.41, 5.74) is -1.82. The van der Waals surface area contributed by atoms with Crippen molar-refractivity contribution in [3.8, 4) is 0 Å². The van der Waals surface area contributed by atoms with E-state index in [4.69, 9.17) is 0 Å². The Morgan fingerprint density at radius 1 is 1.48 bits per heavy atom. The van der Waals surface area contributed by atoms with Gasteiger partial charge in [-0.2, -0.15) is 4.39 Å². The monoisotopic (exact) mass is 299 g/mol. The van der Waals surface area contributed by atoms with Gasteiger partial charge in [-0.25, -0.2) is 4.39 Å². The summed E-state index contributed by atoms with van der Waals surface area (Å²) in [6.45, 7) is 2.05. The summed E-state index contributed by atoms with van der Waals surface area (Å²) in [5, 5.41) is 16.2. The maximum absolute atomic E-state index is 13.8. The molecule has 114 valence electrons. The van der Waals surface area contributed by atoms with Crippen LogP contribution < -0.4 is 10.6 Å². The van der Waals surface area contributed by atoms with Crippen LogP contribution in [0, 0.1) is 27.7 Å². The zero-order valence-electron chi connectivity index (χ0n) is 11.2. The molecule has 1 aliphatic heterocycles. The maximum Gasteiger partial charge on any atom is 0.305 e. The van der Waals surface area contributed by atoms with Crippen molar-refractivity contribution in [2.45, 2.75) is 12.8 Å². The van der Waals surface area contributed by atoms with Crippen molar-refractivity contribution >= 4 is 11.6 Å². The van der Waals surface area contributed by atoms with Gasteiger partial charge in [0.15, 0.2) is 0 Å². The second-order valence-electron chi connectivity index (χ2n) is 4.92. The van der Waals surface area contributed by atoms with E-state index in [0.717, 1.165) is 25.6 Å². The molecule has 1 heterocycles. The summed E-state index contributed by atoms with van der Waals surface area (Å²) < 4.78 is 27.3. The standard InChI is InChI=1S/C13H15F2N3O3/c14-9-1-2-10(18(20)21)12(15)11(9)13(19)17-6-4-8-3-5-16-7-8/h1-2,8,16H,3-7H2,(H,17,19). The zero-order valence-corrected chi connectivity index (χ0v) is 11.2. The first kappa shape index (κ1) is 15.3. The molecule has 1 amide bonds. The molecule has 0 bridgehead atoms. The minimum atomic E-state index is -1.44. The quantitative estimate of drug-likeness (QED) is 0.639. The van der Waals surface area contributed by atoms with E-state index in [1.807, 2.05) is 0 Å². The van der Waals surface area contributed by atoms with Crippen molar-refractivity contribution in [1.82, 2.24) is 10.6 Å². The third kappa shape index (κ3) is 3.52. The van der Waals surface area contributed by atoms with E-state index < -0.39 is 33.7 Å². The molecule has 0 aliphatic carbocycles. The highest BCUT2D eigenvalue weighted by Gasteiger charge is 2.26. The number of amides is 1. The Morgan fingerprint density at radius 2 is 2.24 bits per heavy atom. The molecule has 1 unspecified atom stereocenters. The Hall–Kier alpha value is -2.09. The van der Waals surface area contributed by atoms with Gasteiger partial charge < -0.3 is 10.6 Å². The third-order valence-corrected chi connectivity index (χ3v) is 3.50. The molecule has 2 N–H and O–H groups in total. The lowest BCUT2D eigenvalue weighted by molar-refractivity contribution is -0.387. The van der Waals surface area contributed by atoms with E-state index in [1.165, 1.54) is 0 Å². The van der Waals surface area contributed by atoms with E-state index in [-0.39, 0.29) is 6.54 Å². The molecule has 2 rings (SSSR count). The predicted octanol–water partition coefficient (Wildman–Crippen LogP) is 1.60. The fourth-order valence-corrected chi connectivity index (χ4v) is 2.33. The molecule has 0 aromatic heterocycles. The molecule has 6 nitrogen and oxygen atoms in total. The van der Waals surface area contributed by atoms with Crippen molar-refractivity contribution in [2.75, 3.05) is 19.6 Å². The highest BCUT2D eigenvalue weighted by atomic mass is 19.1. The average Bonchev–Trinajstić information content (AvgIpc) is 2.91. The van der Waals surface area contributed by atoms with Gasteiger partial charge in [0.05, 0.1) is 4.92 Å². The lowest BCUT2D eigenvalue weighted by atomic mass is 10.1. The maximum atomic E-state index is 13.8. The van der Waals surface area contributed by atoms with Crippen LogP contribution >= 0.6 is 0 Å². The Labute approximate surface area is 119 Å². The van der Waals surface area contributed by atoms with Gasteiger partial charge in [0.1, 0.15) is 11.4 Å². The van der Waals surface area contributed by atoms with Gasteiger partial charge in [-0.05, 0) is 37.9 Å². The number of nitrogens with one attached hydrogen (secondary N) is 2. The molecule has 1 atom stereocenters. The minimum Gasteiger partial charge on any atom is -0.352 e. The minimum absolute atomic E-state index is 0.271. The number of rotatable bonds is 5. The van der Waals surface area contributed by atoms with Crippen LogP contribution in [0.5, 0.6) is 0 Å². The first-order chi connectivity index (χ1) is 10.0. The Balaban J connectivity index is 2.04. The summed E-state index contributed by atoms with van der Waals surface area (Å²) in [4.78, 5) is 21.4. The summed E-state index contributed by atoms with van der Waals surface area (Å²) >= 11 is 0. The number of benzene rings is 1. The van der Waals surface area contributed by atoms with Crippen molar-refractivity contribution in [3.63, 3.8) is 0 Å². The SMILES string of the molecule is O=C(NCCC1CCNC1)c1c(F)ccc([N+](=O)[O-])c1F. The lowest BCUT2D eigenvalue weighted by Crippen LogP contribution is -2.28. The van der Waals surface area contributed by atoms with Crippen LogP contribution in [0.15, 0.2) is 12.1 Å². The van der Waals surface area contributed by atoms with Crippen LogP contribution in [-0.2, 0) is 0 Å². The van der Waals surface area contributed by atoms with Gasteiger partial charge in [-0.3, -0.25) is 14.9 Å². The highest BCUT2D eigenvalue weighted by Crippen LogP contribution is 2.23. The molecule has 1 aliphatic rings. The molecule has 0 radical (unpaired) electrons. The smallest absolute Gasteiger partial charge is 0.305 e. The molecule has 0 saturated carbocycles. The second-order valence-corrected chi connectivity index (χ2v) is 4.92. The first-order valence-corrected chi connectivity index (χ1v) is 6.62. The van der Waals surface area contributed by atoms with E-state index in [1.54, 1.807) is 0 Å². The molecular weight excluding hydrogens is 284 g/mol. The largest absolute Gasteiger partial charge is 0.352 e. The van der Waals surface area contributed by atoms with Crippen molar-refractivity contribution in [3.05, 3.63) is 39.4 Å². The van der Waals surface area contributed by atoms with Gasteiger partial charge in [0.25, 0.3) is 5.91 Å². The highest BCUT2D eigenvalue weighted by molar-refractivity contribution is 5.95. The number of hydrogen-bond acceptors (Lipinski definition) is 4. The van der Waals surface area contributed by atoms with Crippen LogP contribution in [0.2, 0.25) is 0 Å². The molecule has 1 saturated heterocycles. The topological polar surface area (TPSA) is 84.3 Å². The first-order valence-electron chi connectivity index (χ1n) is 6.62. The van der Waals surface area contributed by atoms with E-state index >= 15 is 0 Å². The summed E-state index contributed by atoms with van der Waals surface area (Å²) in [6.07, 6.45) is 1.69. The van der Waals surface area contributed by atoms with Crippen LogP contribution in [0.3, 0.4) is 0 Å². The number of carbonyl (C=O) groups excluding carboxylic acids is 1. The predicted molar refractivity (Wildman–Crippen MR) is 70.9 cm³/mol. The number of halogens is 2. The van der Waals surface area contributed by atoms with Crippen molar-refractivity contribution in [1.29, 1.82) is 0 Å². The fourth-order valence-electron chi connectivity index (χ4n) is 2.33. The Morgan fingerprint density at radius 3 is 2.86 bits per heavy atom.